The van der Waals surface area contributed by atoms with Crippen LogP contribution in [0.15, 0.2) is 36.5 Å². The lowest BCUT2D eigenvalue weighted by Crippen LogP contribution is -2.39. The first-order valence-corrected chi connectivity index (χ1v) is 6.82. The number of rotatable bonds is 3. The summed E-state index contributed by atoms with van der Waals surface area (Å²) in [7, 11) is 0. The fourth-order valence-electron chi connectivity index (χ4n) is 2.34. The van der Waals surface area contributed by atoms with E-state index in [1.165, 1.54) is 0 Å². The third-order valence-corrected chi connectivity index (χ3v) is 3.44. The Labute approximate surface area is 118 Å². The maximum atomic E-state index is 12.1. The third kappa shape index (κ3) is 2.27. The minimum atomic E-state index is 0.0720. The molecule has 3 rings (SSSR count). The Morgan fingerprint density at radius 3 is 2.85 bits per heavy atom. The third-order valence-electron chi connectivity index (χ3n) is 3.44. The van der Waals surface area contributed by atoms with Crippen molar-refractivity contribution in [2.45, 2.75) is 26.4 Å². The average Bonchev–Trinajstić information content (AvgIpc) is 2.91. The second-order valence-electron chi connectivity index (χ2n) is 5.23. The summed E-state index contributed by atoms with van der Waals surface area (Å²) >= 11 is 0. The Morgan fingerprint density at radius 1 is 1.30 bits per heavy atom. The quantitative estimate of drug-likeness (QED) is 0.932. The predicted molar refractivity (Wildman–Crippen MR) is 78.7 cm³/mol. The Hall–Kier alpha value is -2.30. The van der Waals surface area contributed by atoms with Crippen LogP contribution >= 0.6 is 0 Å². The van der Waals surface area contributed by atoms with Crippen LogP contribution in [0.3, 0.4) is 0 Å². The molecule has 1 N–H and O–H groups in total. The van der Waals surface area contributed by atoms with Crippen LogP contribution in [0.4, 0.5) is 11.4 Å². The number of amides is 1. The molecule has 0 atom stereocenters. The Morgan fingerprint density at radius 2 is 2.10 bits per heavy atom. The molecular formula is C15H18N4O. The van der Waals surface area contributed by atoms with E-state index in [1.807, 2.05) is 41.2 Å². The highest BCUT2D eigenvalue weighted by atomic mass is 16.2. The van der Waals surface area contributed by atoms with Gasteiger partial charge >= 0.3 is 0 Å². The molecule has 2 heterocycles. The highest BCUT2D eigenvalue weighted by Crippen LogP contribution is 2.29. The first kappa shape index (κ1) is 12.7. The van der Waals surface area contributed by atoms with Gasteiger partial charge in [0, 0.05) is 12.2 Å². The second-order valence-corrected chi connectivity index (χ2v) is 5.23. The molecule has 2 aromatic rings. The molecular weight excluding hydrogens is 252 g/mol. The summed E-state index contributed by atoms with van der Waals surface area (Å²) in [6.45, 7) is 5.02. The lowest BCUT2D eigenvalue weighted by molar-refractivity contribution is -0.117. The SMILES string of the molecule is CC(C)n1ccc(CN2C(=O)CNc3ccccc32)n1. The lowest BCUT2D eigenvalue weighted by atomic mass is 10.2. The van der Waals surface area contributed by atoms with Crippen molar-refractivity contribution in [3.8, 4) is 0 Å². The normalized spacial score (nSPS) is 14.3. The lowest BCUT2D eigenvalue weighted by Gasteiger charge is -2.29. The minimum absolute atomic E-state index is 0.0720. The summed E-state index contributed by atoms with van der Waals surface area (Å²) in [4.78, 5) is 13.9. The first-order chi connectivity index (χ1) is 9.65. The first-order valence-electron chi connectivity index (χ1n) is 6.82. The molecule has 0 fully saturated rings. The van der Waals surface area contributed by atoms with Gasteiger partial charge in [0.05, 0.1) is 30.2 Å². The number of hydrogen-bond donors (Lipinski definition) is 1. The molecule has 0 saturated heterocycles. The molecule has 0 unspecified atom stereocenters. The Kier molecular flexibility index (Phi) is 3.18. The fourth-order valence-corrected chi connectivity index (χ4v) is 2.34. The Balaban J connectivity index is 1.87. The van der Waals surface area contributed by atoms with Crippen LogP contribution in [0.25, 0.3) is 0 Å². The smallest absolute Gasteiger partial charge is 0.246 e. The largest absolute Gasteiger partial charge is 0.374 e. The van der Waals surface area contributed by atoms with E-state index in [-0.39, 0.29) is 5.91 Å². The van der Waals surface area contributed by atoms with E-state index in [0.717, 1.165) is 17.1 Å². The summed E-state index contributed by atoms with van der Waals surface area (Å²) in [6.07, 6.45) is 1.96. The highest BCUT2D eigenvalue weighted by Gasteiger charge is 2.24. The number of carbonyl (C=O) groups is 1. The molecule has 0 saturated carbocycles. The van der Waals surface area contributed by atoms with Gasteiger partial charge in [0.25, 0.3) is 0 Å². The van der Waals surface area contributed by atoms with Crippen molar-refractivity contribution in [2.24, 2.45) is 0 Å². The van der Waals surface area contributed by atoms with E-state index >= 15 is 0 Å². The zero-order chi connectivity index (χ0) is 14.1. The molecule has 0 spiro atoms. The number of para-hydroxylation sites is 2. The number of carbonyl (C=O) groups excluding carboxylic acids is 1. The van der Waals surface area contributed by atoms with Crippen LogP contribution < -0.4 is 10.2 Å². The van der Waals surface area contributed by atoms with Gasteiger partial charge in [-0.05, 0) is 32.0 Å². The van der Waals surface area contributed by atoms with Crippen LogP contribution in [0.1, 0.15) is 25.6 Å². The summed E-state index contributed by atoms with van der Waals surface area (Å²) in [5.74, 6) is 0.0720. The van der Waals surface area contributed by atoms with E-state index in [4.69, 9.17) is 0 Å². The van der Waals surface area contributed by atoms with Gasteiger partial charge in [0.2, 0.25) is 5.91 Å². The summed E-state index contributed by atoms with van der Waals surface area (Å²) < 4.78 is 1.91. The van der Waals surface area contributed by atoms with E-state index < -0.39 is 0 Å². The van der Waals surface area contributed by atoms with Crippen molar-refractivity contribution in [2.75, 3.05) is 16.8 Å². The van der Waals surface area contributed by atoms with Gasteiger partial charge in [-0.15, -0.1) is 0 Å². The number of benzene rings is 1. The number of nitrogens with zero attached hydrogens (tertiary/aromatic N) is 3. The summed E-state index contributed by atoms with van der Waals surface area (Å²) in [6, 6.07) is 10.2. The van der Waals surface area contributed by atoms with Crippen LogP contribution in [0, 0.1) is 0 Å². The minimum Gasteiger partial charge on any atom is -0.374 e. The van der Waals surface area contributed by atoms with Crippen LogP contribution in [0.2, 0.25) is 0 Å². The van der Waals surface area contributed by atoms with E-state index in [0.29, 0.717) is 19.1 Å². The summed E-state index contributed by atoms with van der Waals surface area (Å²) in [5, 5.41) is 7.65. The molecule has 104 valence electrons. The van der Waals surface area contributed by atoms with Crippen molar-refractivity contribution in [3.05, 3.63) is 42.2 Å². The molecule has 5 heteroatoms. The maximum Gasteiger partial charge on any atom is 0.246 e. The van der Waals surface area contributed by atoms with Crippen molar-refractivity contribution in [1.29, 1.82) is 0 Å². The molecule has 1 aliphatic heterocycles. The van der Waals surface area contributed by atoms with Crippen molar-refractivity contribution >= 4 is 17.3 Å². The van der Waals surface area contributed by atoms with Crippen LogP contribution in [-0.2, 0) is 11.3 Å². The van der Waals surface area contributed by atoms with Gasteiger partial charge in [0.1, 0.15) is 0 Å². The van der Waals surface area contributed by atoms with E-state index in [9.17, 15) is 4.79 Å². The van der Waals surface area contributed by atoms with Gasteiger partial charge in [-0.25, -0.2) is 0 Å². The Bertz CT molecular complexity index is 632. The number of anilines is 2. The molecule has 0 aliphatic carbocycles. The van der Waals surface area contributed by atoms with Crippen molar-refractivity contribution in [3.63, 3.8) is 0 Å². The van der Waals surface area contributed by atoms with Gasteiger partial charge in [0.15, 0.2) is 0 Å². The molecule has 1 aliphatic rings. The molecule has 20 heavy (non-hydrogen) atoms. The topological polar surface area (TPSA) is 50.2 Å². The second kappa shape index (κ2) is 5.00. The van der Waals surface area contributed by atoms with Crippen molar-refractivity contribution < 1.29 is 4.79 Å². The summed E-state index contributed by atoms with van der Waals surface area (Å²) in [5.41, 5.74) is 2.82. The zero-order valence-corrected chi connectivity index (χ0v) is 11.7. The monoisotopic (exact) mass is 270 g/mol. The van der Waals surface area contributed by atoms with Crippen molar-refractivity contribution in [1.82, 2.24) is 9.78 Å². The molecule has 1 aromatic carbocycles. The van der Waals surface area contributed by atoms with Gasteiger partial charge in [-0.1, -0.05) is 12.1 Å². The van der Waals surface area contributed by atoms with Crippen LogP contribution in [-0.4, -0.2) is 22.2 Å². The predicted octanol–water partition coefficient (Wildman–Crippen LogP) is 2.42. The van der Waals surface area contributed by atoms with E-state index in [2.05, 4.69) is 24.3 Å². The number of nitrogens with one attached hydrogen (secondary N) is 1. The van der Waals surface area contributed by atoms with E-state index in [1.54, 1.807) is 4.90 Å². The van der Waals surface area contributed by atoms with Gasteiger partial charge in [-0.3, -0.25) is 9.48 Å². The fraction of sp³-hybridized carbons (Fsp3) is 0.333. The number of fused-ring (bicyclic) bond motifs is 1. The number of hydrogen-bond acceptors (Lipinski definition) is 3. The highest BCUT2D eigenvalue weighted by molar-refractivity contribution is 6.02. The van der Waals surface area contributed by atoms with Gasteiger partial charge < -0.3 is 10.2 Å². The average molecular weight is 270 g/mol. The molecule has 5 nitrogen and oxygen atoms in total. The van der Waals surface area contributed by atoms with Crippen LogP contribution in [0.5, 0.6) is 0 Å². The molecule has 0 bridgehead atoms. The standard InChI is InChI=1S/C15H18N4O/c1-11(2)19-8-7-12(17-19)10-18-14-6-4-3-5-13(14)16-9-15(18)20/h3-8,11,16H,9-10H2,1-2H3. The molecule has 0 radical (unpaired) electrons. The van der Waals surface area contributed by atoms with Gasteiger partial charge in [-0.2, -0.15) is 5.10 Å². The molecule has 1 aromatic heterocycles. The zero-order valence-electron chi connectivity index (χ0n) is 11.7. The number of aromatic nitrogens is 2. The maximum absolute atomic E-state index is 12.1. The molecule has 1 amide bonds.